The summed E-state index contributed by atoms with van der Waals surface area (Å²) in [6.45, 7) is 7.65. The van der Waals surface area contributed by atoms with Crippen molar-refractivity contribution >= 4 is 40.2 Å². The highest BCUT2D eigenvalue weighted by atomic mass is 32.1. The number of piperidine rings is 1. The van der Waals surface area contributed by atoms with Crippen LogP contribution in [0.2, 0.25) is 0 Å². The van der Waals surface area contributed by atoms with Gasteiger partial charge in [0.15, 0.2) is 0 Å². The molecule has 0 spiro atoms. The van der Waals surface area contributed by atoms with Gasteiger partial charge in [0.2, 0.25) is 0 Å². The van der Waals surface area contributed by atoms with Gasteiger partial charge in [-0.2, -0.15) is 0 Å². The van der Waals surface area contributed by atoms with E-state index in [0.29, 0.717) is 17.4 Å². The number of amides is 1. The maximum absolute atomic E-state index is 13.1. The Morgan fingerprint density at radius 2 is 2.29 bits per heavy atom. The van der Waals surface area contributed by atoms with Crippen LogP contribution < -0.4 is 5.32 Å². The molecular formula is C19H21N3OS. The molecule has 2 unspecified atom stereocenters. The average Bonchev–Trinajstić information content (AvgIpc) is 2.61. The summed E-state index contributed by atoms with van der Waals surface area (Å²) in [4.78, 5) is 19.4. The first-order chi connectivity index (χ1) is 11.6. The van der Waals surface area contributed by atoms with Crippen LogP contribution in [-0.4, -0.2) is 34.4 Å². The van der Waals surface area contributed by atoms with Gasteiger partial charge in [-0.1, -0.05) is 25.2 Å². The second-order valence-corrected chi connectivity index (χ2v) is 6.51. The molecule has 5 heteroatoms. The maximum atomic E-state index is 13.1. The summed E-state index contributed by atoms with van der Waals surface area (Å²) in [7, 11) is 0. The predicted octanol–water partition coefficient (Wildman–Crippen LogP) is 3.89. The van der Waals surface area contributed by atoms with E-state index in [2.05, 4.69) is 23.8 Å². The third-order valence-electron chi connectivity index (χ3n) is 4.80. The number of anilines is 1. The van der Waals surface area contributed by atoms with Gasteiger partial charge >= 0.3 is 0 Å². The highest BCUT2D eigenvalue weighted by molar-refractivity contribution is 7.79. The van der Waals surface area contributed by atoms with E-state index in [9.17, 15) is 4.79 Å². The molecule has 0 bridgehead atoms. The van der Waals surface area contributed by atoms with Crippen LogP contribution in [0.4, 0.5) is 5.69 Å². The minimum absolute atomic E-state index is 0.0562. The van der Waals surface area contributed by atoms with Crippen molar-refractivity contribution in [3.05, 3.63) is 48.7 Å². The number of aromatic nitrogens is 1. The number of nitrogens with one attached hydrogen (secondary N) is 1. The number of hydrogen-bond acceptors (Lipinski definition) is 3. The zero-order chi connectivity index (χ0) is 17.1. The minimum Gasteiger partial charge on any atom is -0.353 e. The molecule has 1 aliphatic heterocycles. The smallest absolute Gasteiger partial charge is 0.254 e. The third-order valence-corrected chi connectivity index (χ3v) is 4.92. The van der Waals surface area contributed by atoms with E-state index in [1.54, 1.807) is 12.3 Å². The monoisotopic (exact) mass is 339 g/mol. The maximum Gasteiger partial charge on any atom is 0.254 e. The molecule has 1 saturated heterocycles. The van der Waals surface area contributed by atoms with Crippen LogP contribution in [0.5, 0.6) is 0 Å². The van der Waals surface area contributed by atoms with Crippen molar-refractivity contribution in [1.29, 1.82) is 0 Å². The van der Waals surface area contributed by atoms with E-state index in [4.69, 9.17) is 12.2 Å². The number of carbonyl (C=O) groups is 1. The molecule has 2 aromatic rings. The molecule has 3 rings (SSSR count). The Morgan fingerprint density at radius 3 is 3.04 bits per heavy atom. The summed E-state index contributed by atoms with van der Waals surface area (Å²) in [5.74, 6) is 0.975. The van der Waals surface area contributed by atoms with E-state index in [1.807, 2.05) is 29.2 Å². The van der Waals surface area contributed by atoms with Gasteiger partial charge in [-0.25, -0.2) is 0 Å². The van der Waals surface area contributed by atoms with Crippen LogP contribution in [0, 0.1) is 11.8 Å². The molecule has 1 aromatic heterocycles. The fourth-order valence-corrected chi connectivity index (χ4v) is 3.39. The number of nitrogens with zero attached hydrogens (tertiary/aromatic N) is 2. The number of hydrogen-bond donors (Lipinski definition) is 1. The van der Waals surface area contributed by atoms with Gasteiger partial charge in [-0.15, -0.1) is 6.58 Å². The van der Waals surface area contributed by atoms with Gasteiger partial charge in [0.25, 0.3) is 5.91 Å². The van der Waals surface area contributed by atoms with E-state index < -0.39 is 0 Å². The molecule has 0 saturated carbocycles. The quantitative estimate of drug-likeness (QED) is 0.678. The molecule has 1 N–H and O–H groups in total. The molecular weight excluding hydrogens is 318 g/mol. The number of pyridine rings is 1. The topological polar surface area (TPSA) is 45.2 Å². The fraction of sp³-hybridized carbons (Fsp3) is 0.316. The summed E-state index contributed by atoms with van der Waals surface area (Å²) in [5, 5.41) is 3.84. The highest BCUT2D eigenvalue weighted by Crippen LogP contribution is 2.27. The highest BCUT2D eigenvalue weighted by Gasteiger charge is 2.28. The zero-order valence-corrected chi connectivity index (χ0v) is 14.6. The van der Waals surface area contributed by atoms with Crippen molar-refractivity contribution in [3.63, 3.8) is 0 Å². The Hall–Kier alpha value is -2.27. The molecule has 1 aliphatic rings. The van der Waals surface area contributed by atoms with Crippen molar-refractivity contribution in [2.45, 2.75) is 13.3 Å². The molecule has 124 valence electrons. The van der Waals surface area contributed by atoms with E-state index >= 15 is 0 Å². The summed E-state index contributed by atoms with van der Waals surface area (Å²) in [5.41, 5.74) is 3.81. The van der Waals surface area contributed by atoms with Crippen molar-refractivity contribution in [2.24, 2.45) is 11.8 Å². The molecule has 1 amide bonds. The summed E-state index contributed by atoms with van der Waals surface area (Å²) < 4.78 is 0. The lowest BCUT2D eigenvalue weighted by molar-refractivity contribution is 0.0652. The lowest BCUT2D eigenvalue weighted by Crippen LogP contribution is -2.42. The minimum atomic E-state index is 0.0562. The Morgan fingerprint density at radius 1 is 1.46 bits per heavy atom. The molecule has 0 radical (unpaired) electrons. The normalized spacial score (nSPS) is 20.6. The fourth-order valence-electron chi connectivity index (χ4n) is 3.25. The number of thiocarbonyl (C=S) groups is 1. The lowest BCUT2D eigenvalue weighted by atomic mass is 9.87. The number of carbonyl (C=O) groups excluding carboxylic acids is 1. The number of benzene rings is 1. The third kappa shape index (κ3) is 3.17. The summed E-state index contributed by atoms with van der Waals surface area (Å²) in [6, 6.07) is 7.53. The predicted molar refractivity (Wildman–Crippen MR) is 102 cm³/mol. The van der Waals surface area contributed by atoms with E-state index in [-0.39, 0.29) is 5.91 Å². The Balaban J connectivity index is 1.95. The first kappa shape index (κ1) is 16.6. The lowest BCUT2D eigenvalue weighted by Gasteiger charge is -2.35. The van der Waals surface area contributed by atoms with Crippen molar-refractivity contribution < 1.29 is 4.79 Å². The van der Waals surface area contributed by atoms with Crippen LogP contribution in [0.15, 0.2) is 43.1 Å². The summed E-state index contributed by atoms with van der Waals surface area (Å²) in [6.07, 6.45) is 4.67. The zero-order valence-electron chi connectivity index (χ0n) is 13.7. The van der Waals surface area contributed by atoms with E-state index in [1.165, 1.54) is 5.49 Å². The van der Waals surface area contributed by atoms with Crippen LogP contribution in [0.3, 0.4) is 0 Å². The molecule has 1 aromatic carbocycles. The Bertz CT molecular complexity index is 789. The second kappa shape index (κ2) is 7.09. The van der Waals surface area contributed by atoms with Gasteiger partial charge < -0.3 is 10.2 Å². The van der Waals surface area contributed by atoms with Gasteiger partial charge in [-0.05, 0) is 42.5 Å². The van der Waals surface area contributed by atoms with E-state index in [0.717, 1.165) is 36.1 Å². The molecule has 2 atom stereocenters. The van der Waals surface area contributed by atoms with Crippen molar-refractivity contribution in [2.75, 3.05) is 18.4 Å². The molecule has 1 fully saturated rings. The second-order valence-electron chi connectivity index (χ2n) is 6.27. The Kier molecular flexibility index (Phi) is 4.90. The van der Waals surface area contributed by atoms with Gasteiger partial charge in [0, 0.05) is 30.4 Å². The van der Waals surface area contributed by atoms with Crippen molar-refractivity contribution in [1.82, 2.24) is 9.88 Å². The van der Waals surface area contributed by atoms with Gasteiger partial charge in [0.05, 0.1) is 16.6 Å². The number of rotatable bonds is 4. The molecule has 0 aliphatic carbocycles. The van der Waals surface area contributed by atoms with Crippen LogP contribution >= 0.6 is 12.2 Å². The largest absolute Gasteiger partial charge is 0.353 e. The van der Waals surface area contributed by atoms with Crippen LogP contribution in [0.25, 0.3) is 10.9 Å². The SMILES string of the molecule is C=CC1CN(C(=O)c2ccnc3ccc(NC=S)cc23)CCC1C. The molecule has 2 heterocycles. The molecule has 4 nitrogen and oxygen atoms in total. The average molecular weight is 339 g/mol. The first-order valence-corrected chi connectivity index (χ1v) is 8.62. The van der Waals surface area contributed by atoms with Gasteiger partial charge in [-0.3, -0.25) is 9.78 Å². The van der Waals surface area contributed by atoms with Crippen LogP contribution in [0.1, 0.15) is 23.7 Å². The first-order valence-electron chi connectivity index (χ1n) is 8.15. The van der Waals surface area contributed by atoms with Gasteiger partial charge in [0.1, 0.15) is 0 Å². The Labute approximate surface area is 147 Å². The van der Waals surface area contributed by atoms with Crippen molar-refractivity contribution in [3.8, 4) is 0 Å². The summed E-state index contributed by atoms with van der Waals surface area (Å²) >= 11 is 4.84. The number of fused-ring (bicyclic) bond motifs is 1. The standard InChI is InChI=1S/C19H21N3OS/c1-3-14-11-22(9-7-13(14)2)19(23)16-6-8-20-18-5-4-15(21-12-24)10-17(16)18/h3-6,8,10,12-14H,1,7,9,11H2,2H3,(H,21,24). The number of likely N-dealkylation sites (tertiary alicyclic amines) is 1. The van der Waals surface area contributed by atoms with Crippen LogP contribution in [-0.2, 0) is 0 Å². The molecule has 24 heavy (non-hydrogen) atoms.